The molecule has 0 unspecified atom stereocenters. The Morgan fingerprint density at radius 1 is 0.931 bits per heavy atom. The second-order valence-corrected chi connectivity index (χ2v) is 6.60. The van der Waals surface area contributed by atoms with Gasteiger partial charge in [0.15, 0.2) is 11.6 Å². The Balaban J connectivity index is 1.36. The Hall–Kier alpha value is -3.68. The molecule has 0 saturated carbocycles. The number of anilines is 3. The van der Waals surface area contributed by atoms with E-state index in [0.717, 1.165) is 11.6 Å². The fourth-order valence-corrected chi connectivity index (χ4v) is 3.26. The average Bonchev–Trinajstić information content (AvgIpc) is 2.80. The summed E-state index contributed by atoms with van der Waals surface area (Å²) < 4.78 is 5.31. The average molecular weight is 390 g/mol. The first-order valence-electron chi connectivity index (χ1n) is 9.43. The molecule has 8 nitrogen and oxygen atoms in total. The number of aromatic nitrogens is 3. The van der Waals surface area contributed by atoms with Crippen molar-refractivity contribution in [1.29, 1.82) is 0 Å². The summed E-state index contributed by atoms with van der Waals surface area (Å²) in [6.07, 6.45) is 1.72. The molecule has 3 aromatic rings. The molecule has 0 atom stereocenters. The van der Waals surface area contributed by atoms with Crippen LogP contribution in [0, 0.1) is 0 Å². The van der Waals surface area contributed by atoms with Gasteiger partial charge in [0.05, 0.1) is 12.7 Å². The zero-order valence-electron chi connectivity index (χ0n) is 16.2. The summed E-state index contributed by atoms with van der Waals surface area (Å²) in [6.45, 7) is 2.63. The summed E-state index contributed by atoms with van der Waals surface area (Å²) in [5, 5.41) is 11.7. The van der Waals surface area contributed by atoms with E-state index in [0.29, 0.717) is 43.3 Å². The third-order valence-electron chi connectivity index (χ3n) is 4.80. The van der Waals surface area contributed by atoms with Crippen molar-refractivity contribution in [3.63, 3.8) is 0 Å². The minimum Gasteiger partial charge on any atom is -0.496 e. The van der Waals surface area contributed by atoms with Gasteiger partial charge in [-0.25, -0.2) is 4.98 Å². The molecule has 1 fully saturated rings. The lowest BCUT2D eigenvalue weighted by Crippen LogP contribution is -2.49. The number of rotatable bonds is 5. The summed E-state index contributed by atoms with van der Waals surface area (Å²) in [6, 6.07) is 16.8. The molecule has 0 bridgehead atoms. The van der Waals surface area contributed by atoms with E-state index in [9.17, 15) is 4.79 Å². The Kier molecular flexibility index (Phi) is 5.51. The van der Waals surface area contributed by atoms with E-state index in [1.165, 1.54) is 0 Å². The SMILES string of the molecule is COc1ccccc1C(=O)N1CCN(c2ccc(Nc3ccccn3)nn2)CC1. The number of piperazine rings is 1. The molecule has 3 heterocycles. The molecule has 1 aliphatic rings. The third-order valence-corrected chi connectivity index (χ3v) is 4.80. The summed E-state index contributed by atoms with van der Waals surface area (Å²) in [4.78, 5) is 21.0. The molecule has 1 saturated heterocycles. The molecule has 0 spiro atoms. The monoisotopic (exact) mass is 390 g/mol. The van der Waals surface area contributed by atoms with Gasteiger partial charge in [-0.1, -0.05) is 18.2 Å². The van der Waals surface area contributed by atoms with Crippen LogP contribution in [-0.2, 0) is 0 Å². The van der Waals surface area contributed by atoms with Crippen LogP contribution >= 0.6 is 0 Å². The lowest BCUT2D eigenvalue weighted by atomic mass is 10.1. The quantitative estimate of drug-likeness (QED) is 0.717. The molecule has 8 heteroatoms. The lowest BCUT2D eigenvalue weighted by Gasteiger charge is -2.35. The van der Waals surface area contributed by atoms with Crippen LogP contribution < -0.4 is 15.0 Å². The Labute approximate surface area is 169 Å². The number of carbonyl (C=O) groups is 1. The predicted octanol–water partition coefficient (Wildman–Crippen LogP) is 2.59. The number of hydrogen-bond acceptors (Lipinski definition) is 7. The van der Waals surface area contributed by atoms with E-state index in [1.807, 2.05) is 47.4 Å². The van der Waals surface area contributed by atoms with E-state index in [2.05, 4.69) is 25.4 Å². The van der Waals surface area contributed by atoms with Gasteiger partial charge in [0.1, 0.15) is 11.6 Å². The van der Waals surface area contributed by atoms with Gasteiger partial charge >= 0.3 is 0 Å². The normalized spacial score (nSPS) is 13.8. The molecule has 1 N–H and O–H groups in total. The second kappa shape index (κ2) is 8.55. The number of ether oxygens (including phenoxy) is 1. The van der Waals surface area contributed by atoms with Gasteiger partial charge in [0, 0.05) is 32.4 Å². The summed E-state index contributed by atoms with van der Waals surface area (Å²) >= 11 is 0. The molecular weight excluding hydrogens is 368 g/mol. The van der Waals surface area contributed by atoms with Crippen molar-refractivity contribution in [2.24, 2.45) is 0 Å². The molecule has 1 aliphatic heterocycles. The molecular formula is C21H22N6O2. The van der Waals surface area contributed by atoms with Gasteiger partial charge in [-0.2, -0.15) is 0 Å². The number of pyridine rings is 1. The number of amides is 1. The first kappa shape index (κ1) is 18.7. The van der Waals surface area contributed by atoms with E-state index < -0.39 is 0 Å². The molecule has 0 radical (unpaired) electrons. The first-order valence-corrected chi connectivity index (χ1v) is 9.43. The standard InChI is InChI=1S/C21H22N6O2/c1-29-17-7-3-2-6-16(17)21(28)27-14-12-26(13-15-27)20-10-9-19(24-25-20)23-18-8-4-5-11-22-18/h2-11H,12-15H2,1H3,(H,22,23,24). The topological polar surface area (TPSA) is 83.5 Å². The Morgan fingerprint density at radius 3 is 2.41 bits per heavy atom. The summed E-state index contributed by atoms with van der Waals surface area (Å²) in [7, 11) is 1.58. The highest BCUT2D eigenvalue weighted by molar-refractivity contribution is 5.97. The number of para-hydroxylation sites is 1. The maximum atomic E-state index is 12.8. The number of hydrogen-bond donors (Lipinski definition) is 1. The van der Waals surface area contributed by atoms with E-state index in [1.54, 1.807) is 25.4 Å². The molecule has 1 aromatic carbocycles. The third kappa shape index (κ3) is 4.26. The minimum atomic E-state index is -0.0110. The predicted molar refractivity (Wildman–Crippen MR) is 111 cm³/mol. The number of nitrogens with zero attached hydrogens (tertiary/aromatic N) is 5. The highest BCUT2D eigenvalue weighted by Gasteiger charge is 2.24. The number of methoxy groups -OCH3 is 1. The first-order chi connectivity index (χ1) is 14.2. The molecule has 1 amide bonds. The second-order valence-electron chi connectivity index (χ2n) is 6.60. The number of nitrogens with one attached hydrogen (secondary N) is 1. The van der Waals surface area contributed by atoms with Gasteiger partial charge in [-0.15, -0.1) is 10.2 Å². The van der Waals surface area contributed by atoms with Crippen molar-refractivity contribution >= 4 is 23.4 Å². The Morgan fingerprint density at radius 2 is 1.72 bits per heavy atom. The van der Waals surface area contributed by atoms with Crippen LogP contribution in [0.5, 0.6) is 5.75 Å². The maximum absolute atomic E-state index is 12.8. The van der Waals surface area contributed by atoms with Crippen LogP contribution in [0.3, 0.4) is 0 Å². The van der Waals surface area contributed by atoms with Gasteiger partial charge in [0.2, 0.25) is 0 Å². The van der Waals surface area contributed by atoms with Crippen molar-refractivity contribution < 1.29 is 9.53 Å². The van der Waals surface area contributed by atoms with Gasteiger partial charge in [-0.3, -0.25) is 4.79 Å². The molecule has 29 heavy (non-hydrogen) atoms. The highest BCUT2D eigenvalue weighted by atomic mass is 16.5. The van der Waals surface area contributed by atoms with Crippen molar-refractivity contribution in [1.82, 2.24) is 20.1 Å². The van der Waals surface area contributed by atoms with Crippen LogP contribution in [-0.4, -0.2) is 59.3 Å². The van der Waals surface area contributed by atoms with Crippen LogP contribution in [0.15, 0.2) is 60.8 Å². The maximum Gasteiger partial charge on any atom is 0.257 e. The summed E-state index contributed by atoms with van der Waals surface area (Å²) in [5.74, 6) is 2.74. The van der Waals surface area contributed by atoms with Crippen molar-refractivity contribution in [2.75, 3.05) is 43.5 Å². The van der Waals surface area contributed by atoms with E-state index >= 15 is 0 Å². The van der Waals surface area contributed by atoms with Gasteiger partial charge in [-0.05, 0) is 36.4 Å². The minimum absolute atomic E-state index is 0.0110. The fourth-order valence-electron chi connectivity index (χ4n) is 3.26. The number of benzene rings is 1. The smallest absolute Gasteiger partial charge is 0.257 e. The van der Waals surface area contributed by atoms with Crippen molar-refractivity contribution in [3.8, 4) is 5.75 Å². The van der Waals surface area contributed by atoms with Crippen LogP contribution in [0.2, 0.25) is 0 Å². The highest BCUT2D eigenvalue weighted by Crippen LogP contribution is 2.21. The van der Waals surface area contributed by atoms with Gasteiger partial charge < -0.3 is 19.9 Å². The van der Waals surface area contributed by atoms with Crippen LogP contribution in [0.1, 0.15) is 10.4 Å². The van der Waals surface area contributed by atoms with E-state index in [4.69, 9.17) is 4.74 Å². The Bertz CT molecular complexity index is 956. The van der Waals surface area contributed by atoms with Crippen LogP contribution in [0.4, 0.5) is 17.5 Å². The van der Waals surface area contributed by atoms with E-state index in [-0.39, 0.29) is 5.91 Å². The van der Waals surface area contributed by atoms with Crippen molar-refractivity contribution in [3.05, 3.63) is 66.4 Å². The summed E-state index contributed by atoms with van der Waals surface area (Å²) in [5.41, 5.74) is 0.591. The lowest BCUT2D eigenvalue weighted by molar-refractivity contribution is 0.0743. The molecule has 4 rings (SSSR count). The van der Waals surface area contributed by atoms with Crippen molar-refractivity contribution in [2.45, 2.75) is 0 Å². The molecule has 2 aromatic heterocycles. The largest absolute Gasteiger partial charge is 0.496 e. The zero-order chi connectivity index (χ0) is 20.1. The zero-order valence-corrected chi connectivity index (χ0v) is 16.2. The van der Waals surface area contributed by atoms with Gasteiger partial charge in [0.25, 0.3) is 5.91 Å². The number of carbonyl (C=O) groups excluding carboxylic acids is 1. The molecule has 148 valence electrons. The molecule has 0 aliphatic carbocycles. The van der Waals surface area contributed by atoms with Crippen LogP contribution in [0.25, 0.3) is 0 Å². The fraction of sp³-hybridized carbons (Fsp3) is 0.238.